The predicted molar refractivity (Wildman–Crippen MR) is 123 cm³/mol. The van der Waals surface area contributed by atoms with E-state index < -0.39 is 0 Å². The highest BCUT2D eigenvalue weighted by molar-refractivity contribution is 5.69. The Morgan fingerprint density at radius 1 is 0.862 bits per heavy atom. The van der Waals surface area contributed by atoms with Crippen LogP contribution in [0.15, 0.2) is 36.7 Å². The minimum absolute atomic E-state index is 0.0946. The smallest absolute Gasteiger partial charge is 0.306 e. The maximum absolute atomic E-state index is 11.7. The molecule has 0 atom stereocenters. The van der Waals surface area contributed by atoms with Crippen LogP contribution in [0.5, 0.6) is 0 Å². The molecule has 0 amide bonds. The molecule has 0 aliphatic carbocycles. The number of pyridine rings is 1. The molecule has 3 nitrogen and oxygen atoms in total. The van der Waals surface area contributed by atoms with Crippen molar-refractivity contribution in [2.24, 2.45) is 0 Å². The molecule has 0 N–H and O–H groups in total. The van der Waals surface area contributed by atoms with Crippen LogP contribution in [0.25, 0.3) is 0 Å². The molecule has 0 bridgehead atoms. The van der Waals surface area contributed by atoms with Crippen LogP contribution in [0.2, 0.25) is 0 Å². The van der Waals surface area contributed by atoms with E-state index in [1.165, 1.54) is 83.5 Å². The van der Waals surface area contributed by atoms with Gasteiger partial charge >= 0.3 is 5.97 Å². The fourth-order valence-electron chi connectivity index (χ4n) is 3.41. The van der Waals surface area contributed by atoms with E-state index in [0.29, 0.717) is 13.0 Å². The lowest BCUT2D eigenvalue weighted by Crippen LogP contribution is -2.04. The van der Waals surface area contributed by atoms with Crippen molar-refractivity contribution in [2.45, 2.75) is 116 Å². The van der Waals surface area contributed by atoms with Crippen molar-refractivity contribution in [3.05, 3.63) is 42.2 Å². The van der Waals surface area contributed by atoms with Crippen LogP contribution < -0.4 is 0 Å². The van der Waals surface area contributed by atoms with Crippen molar-refractivity contribution < 1.29 is 9.53 Å². The lowest BCUT2D eigenvalue weighted by Gasteiger charge is -2.05. The summed E-state index contributed by atoms with van der Waals surface area (Å²) in [6.07, 6.45) is 28.1. The predicted octanol–water partition coefficient (Wildman–Crippen LogP) is 7.94. The highest BCUT2D eigenvalue weighted by Crippen LogP contribution is 2.12. The normalized spacial score (nSPS) is 11.2. The molecule has 1 aromatic rings. The van der Waals surface area contributed by atoms with Gasteiger partial charge in [-0.05, 0) is 38.2 Å². The SMILES string of the molecule is CCCCCCC/C=C\CCCCCCCCCCC(=O)OCc1cccnc1. The zero-order valence-electron chi connectivity index (χ0n) is 18.7. The molecular formula is C26H43NO2. The van der Waals surface area contributed by atoms with E-state index in [1.54, 1.807) is 12.4 Å². The Morgan fingerprint density at radius 2 is 1.45 bits per heavy atom. The minimum atomic E-state index is -0.0946. The van der Waals surface area contributed by atoms with Crippen molar-refractivity contribution in [1.29, 1.82) is 0 Å². The molecule has 3 heteroatoms. The summed E-state index contributed by atoms with van der Waals surface area (Å²) in [5, 5.41) is 0. The maximum Gasteiger partial charge on any atom is 0.306 e. The Kier molecular flexibility index (Phi) is 17.2. The monoisotopic (exact) mass is 401 g/mol. The molecule has 1 aromatic heterocycles. The number of aromatic nitrogens is 1. The third kappa shape index (κ3) is 17.0. The van der Waals surface area contributed by atoms with Gasteiger partial charge in [-0.1, -0.05) is 89.4 Å². The zero-order chi connectivity index (χ0) is 20.8. The van der Waals surface area contributed by atoms with E-state index in [4.69, 9.17) is 4.74 Å². The number of hydrogen-bond donors (Lipinski definition) is 0. The molecule has 164 valence electrons. The molecule has 0 unspecified atom stereocenters. The van der Waals surface area contributed by atoms with Crippen molar-refractivity contribution >= 4 is 5.97 Å². The first kappa shape index (κ1) is 25.4. The summed E-state index contributed by atoms with van der Waals surface area (Å²) < 4.78 is 5.27. The number of esters is 1. The van der Waals surface area contributed by atoms with Gasteiger partial charge in [0.25, 0.3) is 0 Å². The Labute approximate surface area is 179 Å². The summed E-state index contributed by atoms with van der Waals surface area (Å²) in [7, 11) is 0. The van der Waals surface area contributed by atoms with Crippen LogP contribution >= 0.6 is 0 Å². The average molecular weight is 402 g/mol. The fraction of sp³-hybridized carbons (Fsp3) is 0.692. The number of unbranched alkanes of at least 4 members (excludes halogenated alkanes) is 13. The molecule has 0 spiro atoms. The average Bonchev–Trinajstić information content (AvgIpc) is 2.75. The quantitative estimate of drug-likeness (QED) is 0.134. The highest BCUT2D eigenvalue weighted by Gasteiger charge is 2.03. The molecule has 0 saturated heterocycles. The second-order valence-electron chi connectivity index (χ2n) is 8.06. The molecular weight excluding hydrogens is 358 g/mol. The molecule has 1 rings (SSSR count). The van der Waals surface area contributed by atoms with Crippen LogP contribution in [0.3, 0.4) is 0 Å². The van der Waals surface area contributed by atoms with Gasteiger partial charge in [0.15, 0.2) is 0 Å². The highest BCUT2D eigenvalue weighted by atomic mass is 16.5. The molecule has 1 heterocycles. The van der Waals surface area contributed by atoms with Crippen LogP contribution in [0, 0.1) is 0 Å². The Hall–Kier alpha value is -1.64. The zero-order valence-corrected chi connectivity index (χ0v) is 18.7. The number of hydrogen-bond acceptors (Lipinski definition) is 3. The summed E-state index contributed by atoms with van der Waals surface area (Å²) in [5.74, 6) is -0.0946. The lowest BCUT2D eigenvalue weighted by atomic mass is 10.1. The second-order valence-corrected chi connectivity index (χ2v) is 8.06. The number of nitrogens with zero attached hydrogens (tertiary/aromatic N) is 1. The van der Waals surface area contributed by atoms with Crippen LogP contribution in [-0.4, -0.2) is 11.0 Å². The number of carbonyl (C=O) groups excluding carboxylic acids is 1. The summed E-state index contributed by atoms with van der Waals surface area (Å²) in [6, 6.07) is 3.78. The van der Waals surface area contributed by atoms with Gasteiger partial charge in [-0.2, -0.15) is 0 Å². The van der Waals surface area contributed by atoms with Gasteiger partial charge in [-0.25, -0.2) is 0 Å². The van der Waals surface area contributed by atoms with Gasteiger partial charge in [0.2, 0.25) is 0 Å². The Bertz CT molecular complexity index is 513. The van der Waals surface area contributed by atoms with Crippen molar-refractivity contribution in [3.63, 3.8) is 0 Å². The summed E-state index contributed by atoms with van der Waals surface area (Å²) in [5.41, 5.74) is 0.943. The summed E-state index contributed by atoms with van der Waals surface area (Å²) in [4.78, 5) is 15.7. The molecule has 0 fully saturated rings. The molecule has 0 saturated carbocycles. The first-order chi connectivity index (χ1) is 14.3. The third-order valence-electron chi connectivity index (χ3n) is 5.27. The van der Waals surface area contributed by atoms with E-state index >= 15 is 0 Å². The Morgan fingerprint density at radius 3 is 2.03 bits per heavy atom. The molecule has 0 radical (unpaired) electrons. The van der Waals surface area contributed by atoms with Gasteiger partial charge in [0.1, 0.15) is 6.61 Å². The largest absolute Gasteiger partial charge is 0.461 e. The van der Waals surface area contributed by atoms with E-state index in [1.807, 2.05) is 12.1 Å². The van der Waals surface area contributed by atoms with Crippen molar-refractivity contribution in [2.75, 3.05) is 0 Å². The Balaban J connectivity index is 1.78. The van der Waals surface area contributed by atoms with Gasteiger partial charge in [-0.15, -0.1) is 0 Å². The van der Waals surface area contributed by atoms with Crippen molar-refractivity contribution in [3.8, 4) is 0 Å². The number of carbonyl (C=O) groups is 1. The molecule has 29 heavy (non-hydrogen) atoms. The molecule has 0 aliphatic heterocycles. The van der Waals surface area contributed by atoms with Gasteiger partial charge in [0.05, 0.1) is 0 Å². The summed E-state index contributed by atoms with van der Waals surface area (Å²) >= 11 is 0. The van der Waals surface area contributed by atoms with Crippen LogP contribution in [-0.2, 0) is 16.1 Å². The van der Waals surface area contributed by atoms with E-state index in [-0.39, 0.29) is 5.97 Å². The minimum Gasteiger partial charge on any atom is -0.461 e. The lowest BCUT2D eigenvalue weighted by molar-refractivity contribution is -0.145. The first-order valence-corrected chi connectivity index (χ1v) is 12.0. The number of ether oxygens (including phenoxy) is 1. The van der Waals surface area contributed by atoms with Crippen molar-refractivity contribution in [1.82, 2.24) is 4.98 Å². The van der Waals surface area contributed by atoms with Gasteiger partial charge in [-0.3, -0.25) is 9.78 Å². The van der Waals surface area contributed by atoms with Gasteiger partial charge in [0, 0.05) is 24.4 Å². The summed E-state index contributed by atoms with van der Waals surface area (Å²) in [6.45, 7) is 2.60. The van der Waals surface area contributed by atoms with E-state index in [2.05, 4.69) is 24.1 Å². The first-order valence-electron chi connectivity index (χ1n) is 12.0. The van der Waals surface area contributed by atoms with Gasteiger partial charge < -0.3 is 4.74 Å². The number of rotatable bonds is 19. The van der Waals surface area contributed by atoms with E-state index in [9.17, 15) is 4.79 Å². The topological polar surface area (TPSA) is 39.2 Å². The third-order valence-corrected chi connectivity index (χ3v) is 5.27. The van der Waals surface area contributed by atoms with Crippen LogP contribution in [0.4, 0.5) is 0 Å². The van der Waals surface area contributed by atoms with E-state index in [0.717, 1.165) is 18.4 Å². The molecule has 0 aliphatic rings. The maximum atomic E-state index is 11.7. The second kappa shape index (κ2) is 19.7. The standard InChI is InChI=1S/C26H43NO2/c1-2-3-4-5-6-7-8-9-10-11-12-13-14-15-16-17-18-21-26(28)29-24-25-20-19-22-27-23-25/h8-9,19-20,22-23H,2-7,10-18,21,24H2,1H3/b9-8-. The fourth-order valence-corrected chi connectivity index (χ4v) is 3.41. The van der Waals surface area contributed by atoms with Crippen LogP contribution in [0.1, 0.15) is 115 Å². The number of allylic oxidation sites excluding steroid dienone is 2. The molecule has 0 aromatic carbocycles.